The van der Waals surface area contributed by atoms with E-state index in [-0.39, 0.29) is 6.07 Å². The number of halogens is 6. The van der Waals surface area contributed by atoms with E-state index in [1.807, 2.05) is 0 Å². The van der Waals surface area contributed by atoms with E-state index in [0.717, 1.165) is 0 Å². The molecule has 0 amide bonds. The fraction of sp³-hybridized carbons (Fsp3) is 0.400. The van der Waals surface area contributed by atoms with Gasteiger partial charge in [-0.05, 0) is 0 Å². The van der Waals surface area contributed by atoms with Crippen LogP contribution in [-0.2, 0) is 12.4 Å². The van der Waals surface area contributed by atoms with Gasteiger partial charge in [0.2, 0.25) is 0 Å². The van der Waals surface area contributed by atoms with Crippen molar-refractivity contribution in [3.8, 4) is 0 Å². The van der Waals surface area contributed by atoms with Gasteiger partial charge in [-0.25, -0.2) is 0 Å². The highest BCUT2D eigenvalue weighted by molar-refractivity contribution is 6.28. The van der Waals surface area contributed by atoms with Crippen molar-refractivity contribution in [1.82, 2.24) is 9.94 Å². The van der Waals surface area contributed by atoms with Gasteiger partial charge in [0.1, 0.15) is 0 Å². The van der Waals surface area contributed by atoms with Crippen LogP contribution in [0.2, 0.25) is 0 Å². The second-order valence-electron chi connectivity index (χ2n) is 2.68. The first-order valence-electron chi connectivity index (χ1n) is 3.75. The monoisotopic (exact) mass is 262 g/mol. The Morgan fingerprint density at radius 1 is 1.12 bits per heavy atom. The molecule has 17 heavy (non-hydrogen) atoms. The van der Waals surface area contributed by atoms with Gasteiger partial charge in [-0.3, -0.25) is 0 Å². The third-order valence-electron chi connectivity index (χ3n) is 1.44. The Labute approximate surface area is 89.3 Å². The summed E-state index contributed by atoms with van der Waals surface area (Å²) in [5.74, 6) is 0. The highest BCUT2D eigenvalue weighted by Gasteiger charge is 2.42. The second kappa shape index (κ2) is 4.11. The summed E-state index contributed by atoms with van der Waals surface area (Å²) in [4.78, 5) is -0.770. The van der Waals surface area contributed by atoms with Gasteiger partial charge in [0.05, 0.1) is 0 Å². The summed E-state index contributed by atoms with van der Waals surface area (Å²) < 4.78 is 76.1. The maximum atomic E-state index is 12.2. The number of alkyl halides is 6. The molecule has 0 radical (unpaired) electrons. The average Bonchev–Trinajstić information content (AvgIpc) is 2.44. The molecule has 0 spiro atoms. The Balaban J connectivity index is 3.22. The number of hydrogen-bond acceptors (Lipinski definition) is 4. The molecule has 0 bridgehead atoms. The zero-order valence-corrected chi connectivity index (χ0v) is 7.54. The number of hydrogen-bond donors (Lipinski definition) is 0. The quantitative estimate of drug-likeness (QED) is 0.509. The molecule has 0 saturated heterocycles. The number of rotatable bonds is 2. The minimum Gasteiger partial charge on any atom is -0.858 e. The van der Waals surface area contributed by atoms with Gasteiger partial charge in [0, 0.05) is 6.07 Å². The van der Waals surface area contributed by atoms with E-state index in [0.29, 0.717) is 0 Å². The summed E-state index contributed by atoms with van der Waals surface area (Å²) >= 11 is 0. The lowest BCUT2D eigenvalue weighted by molar-refractivity contribution is -0.382. The highest BCUT2D eigenvalue weighted by atomic mass is 19.4. The lowest BCUT2D eigenvalue weighted by atomic mass is 10.3. The van der Waals surface area contributed by atoms with Crippen LogP contribution in [0.4, 0.5) is 26.3 Å². The first-order valence-corrected chi connectivity index (χ1v) is 3.75. The van der Waals surface area contributed by atoms with E-state index in [1.165, 1.54) is 0 Å². The van der Waals surface area contributed by atoms with Gasteiger partial charge < -0.3 is 14.8 Å². The first-order chi connectivity index (χ1) is 7.51. The van der Waals surface area contributed by atoms with E-state index >= 15 is 0 Å². The van der Waals surface area contributed by atoms with Crippen LogP contribution in [-0.4, -0.2) is 17.3 Å². The van der Waals surface area contributed by atoms with Gasteiger partial charge in [0.25, 0.3) is 0 Å². The van der Waals surface area contributed by atoms with Crippen LogP contribution in [0.3, 0.4) is 0 Å². The van der Waals surface area contributed by atoms with Crippen LogP contribution < -0.4 is 14.8 Å². The van der Waals surface area contributed by atoms with E-state index < -0.39 is 35.9 Å². The van der Waals surface area contributed by atoms with Gasteiger partial charge >= 0.3 is 12.4 Å². The molecule has 0 unspecified atom stereocenters. The minimum atomic E-state index is -5.24. The molecule has 0 aromatic carbocycles. The Morgan fingerprint density at radius 3 is 2.00 bits per heavy atom. The van der Waals surface area contributed by atoms with Crippen molar-refractivity contribution in [1.29, 1.82) is 0 Å². The molecule has 0 atom stereocenters. The topological polar surface area (TPSA) is 73.2 Å². The SMILES string of the molecule is [O-]B([O-])On1nc(C(F)(F)F)cc1C(F)(F)F. The van der Waals surface area contributed by atoms with Gasteiger partial charge in [-0.15, -0.1) is 9.94 Å². The van der Waals surface area contributed by atoms with Crippen LogP contribution in [0.5, 0.6) is 0 Å². The molecule has 0 N–H and O–H groups in total. The molecule has 0 aliphatic carbocycles. The molecule has 96 valence electrons. The molecule has 0 aliphatic heterocycles. The van der Waals surface area contributed by atoms with Crippen LogP contribution in [0.15, 0.2) is 6.07 Å². The summed E-state index contributed by atoms with van der Waals surface area (Å²) in [7, 11) is -3.24. The third kappa shape index (κ3) is 3.26. The predicted octanol–water partition coefficient (Wildman–Crippen LogP) is -0.945. The van der Waals surface area contributed by atoms with Gasteiger partial charge in [0.15, 0.2) is 18.7 Å². The van der Waals surface area contributed by atoms with Crippen LogP contribution >= 0.6 is 0 Å². The van der Waals surface area contributed by atoms with Gasteiger partial charge in [-0.1, -0.05) is 0 Å². The largest absolute Gasteiger partial charge is 0.858 e. The predicted molar refractivity (Wildman–Crippen MR) is 34.6 cm³/mol. The van der Waals surface area contributed by atoms with E-state index in [4.69, 9.17) is 0 Å². The standard InChI is InChI=1S/C5HBF6N2O3/c7-4(8,9)2-1-3(5(10,11)12)14(13-2)17-6(15)16/h1H/q-2. The molecule has 5 nitrogen and oxygen atoms in total. The normalized spacial score (nSPS) is 12.7. The molecule has 1 aromatic rings. The summed E-state index contributed by atoms with van der Waals surface area (Å²) in [5.41, 5.74) is -3.92. The zero-order valence-electron chi connectivity index (χ0n) is 7.54. The maximum absolute atomic E-state index is 12.2. The van der Waals surface area contributed by atoms with Crippen molar-refractivity contribution in [2.75, 3.05) is 0 Å². The lowest BCUT2D eigenvalue weighted by Gasteiger charge is -2.26. The van der Waals surface area contributed by atoms with Crippen LogP contribution in [0.25, 0.3) is 0 Å². The maximum Gasteiger partial charge on any atom is 0.436 e. The van der Waals surface area contributed by atoms with Crippen molar-refractivity contribution in [3.63, 3.8) is 0 Å². The lowest BCUT2D eigenvalue weighted by Crippen LogP contribution is -2.54. The molecule has 1 aromatic heterocycles. The van der Waals surface area contributed by atoms with Gasteiger partial charge in [-0.2, -0.15) is 26.3 Å². The molecular weight excluding hydrogens is 261 g/mol. The highest BCUT2D eigenvalue weighted by Crippen LogP contribution is 2.34. The third-order valence-corrected chi connectivity index (χ3v) is 1.44. The van der Waals surface area contributed by atoms with E-state index in [2.05, 4.69) is 9.85 Å². The van der Waals surface area contributed by atoms with Crippen molar-refractivity contribution in [3.05, 3.63) is 17.5 Å². The summed E-state index contributed by atoms with van der Waals surface area (Å²) in [6.07, 6.45) is -10.4. The molecule has 1 rings (SSSR count). The van der Waals surface area contributed by atoms with Crippen molar-refractivity contribution < 1.29 is 41.1 Å². The summed E-state index contributed by atoms with van der Waals surface area (Å²) in [6, 6.07) is -0.373. The Bertz CT molecular complexity index is 399. The average molecular weight is 262 g/mol. The first kappa shape index (κ1) is 13.6. The molecule has 0 saturated carbocycles. The molecule has 0 fully saturated rings. The van der Waals surface area contributed by atoms with Crippen LogP contribution in [0, 0.1) is 0 Å². The Morgan fingerprint density at radius 2 is 1.65 bits per heavy atom. The minimum absolute atomic E-state index is 0.373. The zero-order chi connectivity index (χ0) is 13.4. The molecular formula is C5HBF6N2O3-2. The number of nitrogens with zero attached hydrogens (tertiary/aromatic N) is 2. The number of aromatic nitrogens is 2. The Hall–Kier alpha value is -1.43. The fourth-order valence-corrected chi connectivity index (χ4v) is 0.856. The van der Waals surface area contributed by atoms with Crippen molar-refractivity contribution in [2.45, 2.75) is 12.4 Å². The second-order valence-corrected chi connectivity index (χ2v) is 2.68. The molecule has 1 heterocycles. The smallest absolute Gasteiger partial charge is 0.436 e. The van der Waals surface area contributed by atoms with E-state index in [9.17, 15) is 36.4 Å². The summed E-state index contributed by atoms with van der Waals surface area (Å²) in [5, 5.41) is 22.2. The summed E-state index contributed by atoms with van der Waals surface area (Å²) in [6.45, 7) is 0. The van der Waals surface area contributed by atoms with Crippen molar-refractivity contribution >= 4 is 7.32 Å². The molecule has 0 aliphatic rings. The van der Waals surface area contributed by atoms with Crippen LogP contribution in [0.1, 0.15) is 11.4 Å². The Kier molecular flexibility index (Phi) is 3.29. The fourth-order valence-electron chi connectivity index (χ4n) is 0.856. The van der Waals surface area contributed by atoms with E-state index in [1.54, 1.807) is 0 Å². The van der Waals surface area contributed by atoms with Crippen molar-refractivity contribution in [2.24, 2.45) is 0 Å². The molecule has 12 heteroatoms.